The third kappa shape index (κ3) is 3.08. The van der Waals surface area contributed by atoms with E-state index in [1.54, 1.807) is 0 Å². The highest BCUT2D eigenvalue weighted by Gasteiger charge is 2.38. The molecule has 2 aliphatic rings. The molecule has 0 radical (unpaired) electrons. The normalized spacial score (nSPS) is 29.1. The number of rotatable bonds is 5. The van der Waals surface area contributed by atoms with E-state index in [-0.39, 0.29) is 0 Å². The molecule has 104 valence electrons. The van der Waals surface area contributed by atoms with E-state index in [1.807, 2.05) is 12.4 Å². The highest BCUT2D eigenvalue weighted by molar-refractivity contribution is 5.24. The van der Waals surface area contributed by atoms with Gasteiger partial charge in [0.05, 0.1) is 12.8 Å². The summed E-state index contributed by atoms with van der Waals surface area (Å²) < 4.78 is 5.76. The lowest BCUT2D eigenvalue weighted by Gasteiger charge is -2.20. The van der Waals surface area contributed by atoms with Crippen LogP contribution in [-0.4, -0.2) is 23.7 Å². The van der Waals surface area contributed by atoms with Gasteiger partial charge in [0.1, 0.15) is 5.75 Å². The number of nitrogens with one attached hydrogen (secondary N) is 1. The van der Waals surface area contributed by atoms with E-state index in [4.69, 9.17) is 4.74 Å². The standard InChI is InChI=1S/C16H24N2O/c1-11(2)10-19-15-6-12(8-17-9-15)5-13-7-14-3-4-16(13)18-14/h6,8-9,11,13-14,16,18H,3-5,7,10H2,1-2H3. The van der Waals surface area contributed by atoms with Gasteiger partial charge >= 0.3 is 0 Å². The Hall–Kier alpha value is -1.09. The van der Waals surface area contributed by atoms with Crippen molar-refractivity contribution in [1.29, 1.82) is 0 Å². The Labute approximate surface area is 115 Å². The molecule has 1 aromatic heterocycles. The maximum absolute atomic E-state index is 5.76. The first kappa shape index (κ1) is 12.9. The lowest BCUT2D eigenvalue weighted by Crippen LogP contribution is -2.24. The monoisotopic (exact) mass is 260 g/mol. The lowest BCUT2D eigenvalue weighted by molar-refractivity contribution is 0.269. The fraction of sp³-hybridized carbons (Fsp3) is 0.688. The zero-order valence-corrected chi connectivity index (χ0v) is 11.9. The minimum absolute atomic E-state index is 0.554. The van der Waals surface area contributed by atoms with Gasteiger partial charge in [-0.15, -0.1) is 0 Å². The summed E-state index contributed by atoms with van der Waals surface area (Å²) in [5.41, 5.74) is 1.32. The van der Waals surface area contributed by atoms with Crippen molar-refractivity contribution in [3.63, 3.8) is 0 Å². The van der Waals surface area contributed by atoms with Crippen molar-refractivity contribution in [1.82, 2.24) is 10.3 Å². The molecule has 2 saturated heterocycles. The Bertz CT molecular complexity index is 433. The van der Waals surface area contributed by atoms with E-state index in [0.29, 0.717) is 5.92 Å². The van der Waals surface area contributed by atoms with Gasteiger partial charge in [-0.05, 0) is 49.1 Å². The molecule has 19 heavy (non-hydrogen) atoms. The second-order valence-corrected chi connectivity index (χ2v) is 6.48. The Morgan fingerprint density at radius 3 is 2.95 bits per heavy atom. The summed E-state index contributed by atoms with van der Waals surface area (Å²) in [6, 6.07) is 3.69. The Balaban J connectivity index is 1.60. The molecule has 3 unspecified atom stereocenters. The average molecular weight is 260 g/mol. The SMILES string of the molecule is CC(C)COc1cncc(CC2CC3CCC2N3)c1. The molecule has 3 atom stereocenters. The van der Waals surface area contributed by atoms with Crippen LogP contribution in [0.25, 0.3) is 0 Å². The van der Waals surface area contributed by atoms with Crippen molar-refractivity contribution >= 4 is 0 Å². The quantitative estimate of drug-likeness (QED) is 0.884. The summed E-state index contributed by atoms with van der Waals surface area (Å²) in [4.78, 5) is 4.32. The Morgan fingerprint density at radius 1 is 1.37 bits per heavy atom. The molecule has 3 heterocycles. The van der Waals surface area contributed by atoms with Crippen LogP contribution < -0.4 is 10.1 Å². The predicted octanol–water partition coefficient (Wildman–Crippen LogP) is 2.80. The van der Waals surface area contributed by atoms with E-state index in [9.17, 15) is 0 Å². The fourth-order valence-corrected chi connectivity index (χ4v) is 3.38. The minimum atomic E-state index is 0.554. The molecule has 3 nitrogen and oxygen atoms in total. The highest BCUT2D eigenvalue weighted by atomic mass is 16.5. The molecule has 3 rings (SSSR count). The number of ether oxygens (including phenoxy) is 1. The molecule has 0 aromatic carbocycles. The third-order valence-electron chi connectivity index (χ3n) is 4.28. The molecule has 0 amide bonds. The van der Waals surface area contributed by atoms with Crippen LogP contribution in [0.4, 0.5) is 0 Å². The molecule has 0 spiro atoms. The summed E-state index contributed by atoms with van der Waals surface area (Å²) in [5.74, 6) is 2.27. The van der Waals surface area contributed by atoms with Crippen LogP contribution in [-0.2, 0) is 6.42 Å². The molecule has 3 heteroatoms. The first-order chi connectivity index (χ1) is 9.20. The number of aromatic nitrogens is 1. The van der Waals surface area contributed by atoms with Crippen molar-refractivity contribution in [2.24, 2.45) is 11.8 Å². The number of pyridine rings is 1. The van der Waals surface area contributed by atoms with Gasteiger partial charge in [-0.2, -0.15) is 0 Å². The highest BCUT2D eigenvalue weighted by Crippen LogP contribution is 2.35. The minimum Gasteiger partial charge on any atom is -0.492 e. The molecular weight excluding hydrogens is 236 g/mol. The summed E-state index contributed by atoms with van der Waals surface area (Å²) in [6.45, 7) is 5.09. The van der Waals surface area contributed by atoms with E-state index >= 15 is 0 Å². The van der Waals surface area contributed by atoms with Crippen LogP contribution in [0, 0.1) is 11.8 Å². The lowest BCUT2D eigenvalue weighted by atomic mass is 9.85. The van der Waals surface area contributed by atoms with Gasteiger partial charge in [0.15, 0.2) is 0 Å². The van der Waals surface area contributed by atoms with E-state index in [1.165, 1.54) is 24.8 Å². The van der Waals surface area contributed by atoms with Crippen LogP contribution in [0.1, 0.15) is 38.7 Å². The van der Waals surface area contributed by atoms with Crippen molar-refractivity contribution in [2.75, 3.05) is 6.61 Å². The molecule has 0 aliphatic carbocycles. The summed E-state index contributed by atoms with van der Waals surface area (Å²) in [5, 5.41) is 3.70. The van der Waals surface area contributed by atoms with Gasteiger partial charge in [0, 0.05) is 18.3 Å². The zero-order chi connectivity index (χ0) is 13.2. The smallest absolute Gasteiger partial charge is 0.137 e. The van der Waals surface area contributed by atoms with Crippen LogP contribution in [0.2, 0.25) is 0 Å². The van der Waals surface area contributed by atoms with Crippen molar-refractivity contribution in [3.05, 3.63) is 24.0 Å². The summed E-state index contributed by atoms with van der Waals surface area (Å²) in [7, 11) is 0. The van der Waals surface area contributed by atoms with Gasteiger partial charge in [-0.25, -0.2) is 0 Å². The van der Waals surface area contributed by atoms with Crippen LogP contribution in [0.5, 0.6) is 5.75 Å². The number of fused-ring (bicyclic) bond motifs is 2. The molecule has 2 fully saturated rings. The van der Waals surface area contributed by atoms with Gasteiger partial charge in [0.2, 0.25) is 0 Å². The topological polar surface area (TPSA) is 34.1 Å². The number of hydrogen-bond donors (Lipinski definition) is 1. The third-order valence-corrected chi connectivity index (χ3v) is 4.28. The van der Waals surface area contributed by atoms with Crippen LogP contribution in [0.15, 0.2) is 18.5 Å². The summed E-state index contributed by atoms with van der Waals surface area (Å²) >= 11 is 0. The molecule has 2 aliphatic heterocycles. The van der Waals surface area contributed by atoms with Crippen molar-refractivity contribution < 1.29 is 4.74 Å². The maximum atomic E-state index is 5.76. The second kappa shape index (κ2) is 5.49. The molecule has 1 aromatic rings. The van der Waals surface area contributed by atoms with Crippen LogP contribution in [0.3, 0.4) is 0 Å². The van der Waals surface area contributed by atoms with Crippen molar-refractivity contribution in [2.45, 2.75) is 51.6 Å². The molecule has 1 N–H and O–H groups in total. The van der Waals surface area contributed by atoms with Gasteiger partial charge < -0.3 is 10.1 Å². The van der Waals surface area contributed by atoms with Gasteiger partial charge in [0.25, 0.3) is 0 Å². The van der Waals surface area contributed by atoms with Gasteiger partial charge in [-0.1, -0.05) is 13.8 Å². The second-order valence-electron chi connectivity index (χ2n) is 6.48. The van der Waals surface area contributed by atoms with E-state index in [2.05, 4.69) is 30.2 Å². The maximum Gasteiger partial charge on any atom is 0.137 e. The Kier molecular flexibility index (Phi) is 3.74. The molecular formula is C16H24N2O. The number of hydrogen-bond acceptors (Lipinski definition) is 3. The molecule has 0 saturated carbocycles. The summed E-state index contributed by atoms with van der Waals surface area (Å²) in [6.07, 6.45) is 9.02. The molecule has 2 bridgehead atoms. The first-order valence-electron chi connectivity index (χ1n) is 7.53. The van der Waals surface area contributed by atoms with E-state index in [0.717, 1.165) is 36.8 Å². The fourth-order valence-electron chi connectivity index (χ4n) is 3.38. The van der Waals surface area contributed by atoms with Gasteiger partial charge in [-0.3, -0.25) is 4.98 Å². The largest absolute Gasteiger partial charge is 0.492 e. The van der Waals surface area contributed by atoms with Crippen LogP contribution >= 0.6 is 0 Å². The predicted molar refractivity (Wildman–Crippen MR) is 76.3 cm³/mol. The van der Waals surface area contributed by atoms with Crippen molar-refractivity contribution in [3.8, 4) is 5.75 Å². The zero-order valence-electron chi connectivity index (χ0n) is 11.9. The Morgan fingerprint density at radius 2 is 2.26 bits per heavy atom. The number of nitrogens with zero attached hydrogens (tertiary/aromatic N) is 1. The average Bonchev–Trinajstić information content (AvgIpc) is 2.99. The first-order valence-corrected chi connectivity index (χ1v) is 7.53. The van der Waals surface area contributed by atoms with E-state index < -0.39 is 0 Å².